The van der Waals surface area contributed by atoms with Crippen LogP contribution in [-0.4, -0.2) is 22.3 Å². The zero-order chi connectivity index (χ0) is 18.5. The highest BCUT2D eigenvalue weighted by molar-refractivity contribution is 7.98. The maximum Gasteiger partial charge on any atom is 0.254 e. The minimum atomic E-state index is 0.0451. The molecule has 136 valence electrons. The molecule has 0 radical (unpaired) electrons. The first-order valence-corrected chi connectivity index (χ1v) is 11.3. The molecule has 2 heterocycles. The molecule has 7 heteroatoms. The van der Waals surface area contributed by atoms with Gasteiger partial charge in [-0.25, -0.2) is 4.98 Å². The van der Waals surface area contributed by atoms with Crippen molar-refractivity contribution in [2.45, 2.75) is 31.0 Å². The third-order valence-corrected chi connectivity index (χ3v) is 6.88. The molecule has 0 bridgehead atoms. The number of thiophene rings is 1. The SMILES string of the molecule is CCN(Cc1ccc(Cl)s1)C(=O)c1ccc(SCc2csc(C)n2)cc1. The van der Waals surface area contributed by atoms with E-state index in [9.17, 15) is 4.79 Å². The molecule has 0 unspecified atom stereocenters. The van der Waals surface area contributed by atoms with Gasteiger partial charge >= 0.3 is 0 Å². The standard InChI is InChI=1S/C19H19ClN2OS3/c1-3-22(10-17-8-9-18(20)26-17)19(23)14-4-6-16(7-5-14)25-12-15-11-24-13(2)21-15/h4-9,11H,3,10,12H2,1-2H3. The van der Waals surface area contributed by atoms with Crippen LogP contribution in [0.4, 0.5) is 0 Å². The minimum absolute atomic E-state index is 0.0451. The highest BCUT2D eigenvalue weighted by Crippen LogP contribution is 2.25. The number of aryl methyl sites for hydroxylation is 1. The molecular weight excluding hydrogens is 404 g/mol. The maximum absolute atomic E-state index is 12.8. The number of carbonyl (C=O) groups excluding carboxylic acids is 1. The zero-order valence-electron chi connectivity index (χ0n) is 14.6. The largest absolute Gasteiger partial charge is 0.334 e. The van der Waals surface area contributed by atoms with E-state index in [0.29, 0.717) is 18.7 Å². The Bertz CT molecular complexity index is 873. The fourth-order valence-corrected chi connectivity index (χ4v) is 5.07. The van der Waals surface area contributed by atoms with Crippen molar-refractivity contribution in [3.63, 3.8) is 0 Å². The lowest BCUT2D eigenvalue weighted by Gasteiger charge is -2.20. The fourth-order valence-electron chi connectivity index (χ4n) is 2.46. The Hall–Kier alpha value is -1.34. The molecule has 0 aliphatic rings. The van der Waals surface area contributed by atoms with Gasteiger partial charge in [-0.2, -0.15) is 0 Å². The number of benzene rings is 1. The number of aromatic nitrogens is 1. The highest BCUT2D eigenvalue weighted by atomic mass is 35.5. The average molecular weight is 423 g/mol. The van der Waals surface area contributed by atoms with Gasteiger partial charge in [0.25, 0.3) is 5.91 Å². The third kappa shape index (κ3) is 5.10. The number of thioether (sulfide) groups is 1. The number of hydrogen-bond acceptors (Lipinski definition) is 5. The Labute approximate surface area is 171 Å². The van der Waals surface area contributed by atoms with Crippen molar-refractivity contribution in [2.75, 3.05) is 6.54 Å². The molecule has 1 aromatic carbocycles. The number of rotatable bonds is 7. The number of carbonyl (C=O) groups is 1. The number of amides is 1. The van der Waals surface area contributed by atoms with Crippen LogP contribution < -0.4 is 0 Å². The Morgan fingerprint density at radius 2 is 2.00 bits per heavy atom. The van der Waals surface area contributed by atoms with E-state index in [0.717, 1.165) is 30.6 Å². The van der Waals surface area contributed by atoms with Crippen LogP contribution in [0.15, 0.2) is 46.7 Å². The van der Waals surface area contributed by atoms with Gasteiger partial charge in [-0.3, -0.25) is 4.79 Å². The van der Waals surface area contributed by atoms with Gasteiger partial charge in [0, 0.05) is 33.0 Å². The number of thiazole rings is 1. The van der Waals surface area contributed by atoms with Crippen LogP contribution in [0.5, 0.6) is 0 Å². The van der Waals surface area contributed by atoms with Crippen LogP contribution in [-0.2, 0) is 12.3 Å². The predicted molar refractivity (Wildman–Crippen MR) is 113 cm³/mol. The molecule has 0 saturated heterocycles. The molecule has 0 aliphatic carbocycles. The van der Waals surface area contributed by atoms with Gasteiger partial charge in [-0.05, 0) is 50.2 Å². The molecule has 3 rings (SSSR count). The first kappa shape index (κ1) is 19.4. The first-order chi connectivity index (χ1) is 12.5. The molecule has 0 N–H and O–H groups in total. The van der Waals surface area contributed by atoms with E-state index >= 15 is 0 Å². The second-order valence-electron chi connectivity index (χ2n) is 5.70. The van der Waals surface area contributed by atoms with Crippen molar-refractivity contribution < 1.29 is 4.79 Å². The molecule has 0 fully saturated rings. The summed E-state index contributed by atoms with van der Waals surface area (Å²) < 4.78 is 0.750. The molecule has 0 aliphatic heterocycles. The minimum Gasteiger partial charge on any atom is -0.334 e. The second kappa shape index (κ2) is 9.04. The summed E-state index contributed by atoms with van der Waals surface area (Å²) in [6.45, 7) is 5.26. The van der Waals surface area contributed by atoms with Gasteiger partial charge in [0.1, 0.15) is 0 Å². The van der Waals surface area contributed by atoms with E-state index in [1.54, 1.807) is 23.1 Å². The van der Waals surface area contributed by atoms with Gasteiger partial charge in [0.15, 0.2) is 0 Å². The van der Waals surface area contributed by atoms with Gasteiger partial charge < -0.3 is 4.90 Å². The molecule has 3 nitrogen and oxygen atoms in total. The number of halogens is 1. The first-order valence-electron chi connectivity index (χ1n) is 8.22. The summed E-state index contributed by atoms with van der Waals surface area (Å²) in [6.07, 6.45) is 0. The fraction of sp³-hybridized carbons (Fsp3) is 0.263. The molecule has 2 aromatic heterocycles. The molecule has 0 atom stereocenters. The van der Waals surface area contributed by atoms with Crippen molar-refractivity contribution in [1.82, 2.24) is 9.88 Å². The lowest BCUT2D eigenvalue weighted by atomic mass is 10.2. The molecule has 26 heavy (non-hydrogen) atoms. The van der Waals surface area contributed by atoms with E-state index in [4.69, 9.17) is 11.6 Å². The van der Waals surface area contributed by atoms with Crippen molar-refractivity contribution in [1.29, 1.82) is 0 Å². The molecule has 3 aromatic rings. The maximum atomic E-state index is 12.8. The quantitative estimate of drug-likeness (QED) is 0.430. The summed E-state index contributed by atoms with van der Waals surface area (Å²) in [4.78, 5) is 21.3. The van der Waals surface area contributed by atoms with Crippen molar-refractivity contribution in [3.05, 3.63) is 67.3 Å². The summed E-state index contributed by atoms with van der Waals surface area (Å²) in [7, 11) is 0. The van der Waals surface area contributed by atoms with Crippen molar-refractivity contribution in [3.8, 4) is 0 Å². The Morgan fingerprint density at radius 3 is 2.58 bits per heavy atom. The van der Waals surface area contributed by atoms with Crippen LogP contribution in [0.1, 0.15) is 32.9 Å². The van der Waals surface area contributed by atoms with Crippen LogP contribution in [0.2, 0.25) is 4.34 Å². The molecule has 0 spiro atoms. The highest BCUT2D eigenvalue weighted by Gasteiger charge is 2.15. The normalized spacial score (nSPS) is 10.9. The van der Waals surface area contributed by atoms with Gasteiger partial charge in [-0.1, -0.05) is 11.6 Å². The molecule has 0 saturated carbocycles. The Morgan fingerprint density at radius 1 is 1.23 bits per heavy atom. The van der Waals surface area contributed by atoms with E-state index in [1.165, 1.54) is 11.3 Å². The number of nitrogens with zero attached hydrogens (tertiary/aromatic N) is 2. The van der Waals surface area contributed by atoms with E-state index in [1.807, 2.05) is 55.1 Å². The van der Waals surface area contributed by atoms with Gasteiger partial charge in [-0.15, -0.1) is 34.4 Å². The van der Waals surface area contributed by atoms with Gasteiger partial charge in [0.2, 0.25) is 0 Å². The predicted octanol–water partition coefficient (Wildman–Crippen LogP) is 6.12. The smallest absolute Gasteiger partial charge is 0.254 e. The lowest BCUT2D eigenvalue weighted by Crippen LogP contribution is -2.29. The van der Waals surface area contributed by atoms with E-state index < -0.39 is 0 Å². The second-order valence-corrected chi connectivity index (χ2v) is 9.61. The molecule has 1 amide bonds. The van der Waals surface area contributed by atoms with Crippen LogP contribution in [0.25, 0.3) is 0 Å². The summed E-state index contributed by atoms with van der Waals surface area (Å²) in [5.74, 6) is 0.890. The zero-order valence-corrected chi connectivity index (χ0v) is 17.8. The van der Waals surface area contributed by atoms with Crippen LogP contribution >= 0.6 is 46.0 Å². The monoisotopic (exact) mass is 422 g/mol. The topological polar surface area (TPSA) is 33.2 Å². The Kier molecular flexibility index (Phi) is 6.75. The van der Waals surface area contributed by atoms with Gasteiger partial charge in [0.05, 0.1) is 21.6 Å². The van der Waals surface area contributed by atoms with Crippen molar-refractivity contribution in [2.24, 2.45) is 0 Å². The van der Waals surface area contributed by atoms with Crippen LogP contribution in [0.3, 0.4) is 0 Å². The average Bonchev–Trinajstić information content (AvgIpc) is 3.25. The lowest BCUT2D eigenvalue weighted by molar-refractivity contribution is 0.0754. The summed E-state index contributed by atoms with van der Waals surface area (Å²) in [5, 5.41) is 3.18. The van der Waals surface area contributed by atoms with Crippen molar-refractivity contribution >= 4 is 51.9 Å². The molecular formula is C19H19ClN2OS3. The Balaban J connectivity index is 1.61. The summed E-state index contributed by atoms with van der Waals surface area (Å²) >= 11 is 10.9. The van der Waals surface area contributed by atoms with E-state index in [2.05, 4.69) is 10.4 Å². The van der Waals surface area contributed by atoms with Crippen LogP contribution in [0, 0.1) is 6.92 Å². The third-order valence-electron chi connectivity index (χ3n) is 3.80. The number of hydrogen-bond donors (Lipinski definition) is 0. The van der Waals surface area contributed by atoms with E-state index in [-0.39, 0.29) is 5.91 Å². The summed E-state index contributed by atoms with van der Waals surface area (Å²) in [5.41, 5.74) is 1.81. The summed E-state index contributed by atoms with van der Waals surface area (Å²) in [6, 6.07) is 11.7.